The molecule has 4 unspecified atom stereocenters. The van der Waals surface area contributed by atoms with Gasteiger partial charge in [-0.05, 0) is 25.9 Å². The van der Waals surface area contributed by atoms with E-state index in [1.807, 2.05) is 4.90 Å². The number of rotatable bonds is 5. The molecule has 0 saturated carbocycles. The second-order valence-corrected chi connectivity index (χ2v) is 9.57. The molecule has 1 aromatic rings. The molecule has 0 bridgehead atoms. The van der Waals surface area contributed by atoms with Gasteiger partial charge in [0.25, 0.3) is 5.91 Å². The molecule has 3 fully saturated rings. The lowest BCUT2D eigenvalue weighted by Gasteiger charge is -2.45. The first-order chi connectivity index (χ1) is 16.4. The number of nitrogens with zero attached hydrogens (tertiary/aromatic N) is 3. The lowest BCUT2D eigenvalue weighted by atomic mass is 9.90. The van der Waals surface area contributed by atoms with Crippen molar-refractivity contribution in [3.8, 4) is 0 Å². The van der Waals surface area contributed by atoms with Gasteiger partial charge in [-0.3, -0.25) is 14.5 Å². The summed E-state index contributed by atoms with van der Waals surface area (Å²) in [6.07, 6.45) is -1.03. The Morgan fingerprint density at radius 2 is 1.88 bits per heavy atom. The molecule has 0 aromatic carbocycles. The van der Waals surface area contributed by atoms with E-state index in [-0.39, 0.29) is 48.9 Å². The number of amides is 2. The molecule has 3 saturated heterocycles. The van der Waals surface area contributed by atoms with Crippen molar-refractivity contribution in [1.82, 2.24) is 30.6 Å². The van der Waals surface area contributed by atoms with Crippen molar-refractivity contribution in [2.24, 2.45) is 5.92 Å². The molecule has 0 aliphatic carbocycles. The van der Waals surface area contributed by atoms with Gasteiger partial charge in [-0.15, -0.1) is 0 Å². The van der Waals surface area contributed by atoms with Gasteiger partial charge in [-0.25, -0.2) is 13.5 Å². The maximum atomic E-state index is 15.1. The fraction of sp³-hybridized carbons (Fsp3) is 0.762. The summed E-state index contributed by atoms with van der Waals surface area (Å²) >= 11 is 0. The highest BCUT2D eigenvalue weighted by Crippen LogP contribution is 2.28. The fourth-order valence-electron chi connectivity index (χ4n) is 5.30. The normalized spacial score (nSPS) is 30.6. The minimum atomic E-state index is -1.18. The van der Waals surface area contributed by atoms with Crippen LogP contribution in [0.3, 0.4) is 0 Å². The summed E-state index contributed by atoms with van der Waals surface area (Å²) in [6.45, 7) is 2.95. The predicted molar refractivity (Wildman–Crippen MR) is 120 cm³/mol. The average molecular weight is 483 g/mol. The van der Waals surface area contributed by atoms with Crippen LogP contribution >= 0.6 is 0 Å². The summed E-state index contributed by atoms with van der Waals surface area (Å²) in [5, 5.41) is 15.9. The Labute approximate surface area is 196 Å². The number of hydrogen-bond donors (Lipinski definition) is 5. The van der Waals surface area contributed by atoms with E-state index in [4.69, 9.17) is 10.5 Å². The highest BCUT2D eigenvalue weighted by Gasteiger charge is 2.41. The van der Waals surface area contributed by atoms with Crippen LogP contribution in [0.25, 0.3) is 0 Å². The molecule has 6 N–H and O–H groups in total. The van der Waals surface area contributed by atoms with Gasteiger partial charge in [0.1, 0.15) is 23.7 Å². The minimum absolute atomic E-state index is 0.00917. The third-order valence-electron chi connectivity index (χ3n) is 7.18. The number of nitrogens with one attached hydrogen (secondary N) is 4. The summed E-state index contributed by atoms with van der Waals surface area (Å²) < 4.78 is 35.3. The lowest BCUT2D eigenvalue weighted by molar-refractivity contribution is -0.131. The standard InChI is InChI=1S/C21H32F2N8O3/c22-12-5-26-19-16(18(24)29-31(19)8-12)21(33)28-15-7-25-6-14(23)17(15)30-3-1-11(2-4-30)20(32)27-13-9-34-10-13/h11-15,17,25-26H,1-10H2,(H2,24,29)(H,27,32)(H,28,33). The van der Waals surface area contributed by atoms with Crippen molar-refractivity contribution in [3.63, 3.8) is 0 Å². The van der Waals surface area contributed by atoms with E-state index in [1.165, 1.54) is 4.68 Å². The van der Waals surface area contributed by atoms with Crippen molar-refractivity contribution in [3.05, 3.63) is 5.56 Å². The largest absolute Gasteiger partial charge is 0.381 e. The van der Waals surface area contributed by atoms with Crippen LogP contribution in [-0.2, 0) is 16.1 Å². The lowest BCUT2D eigenvalue weighted by Crippen LogP contribution is -2.66. The van der Waals surface area contributed by atoms with Crippen LogP contribution in [-0.4, -0.2) is 103 Å². The summed E-state index contributed by atoms with van der Waals surface area (Å²) in [6, 6.07) is -0.927. The molecule has 0 radical (unpaired) electrons. The molecule has 188 valence electrons. The highest BCUT2D eigenvalue weighted by atomic mass is 19.1. The number of aromatic nitrogens is 2. The Morgan fingerprint density at radius 1 is 1.12 bits per heavy atom. The molecule has 5 heterocycles. The molecule has 4 atom stereocenters. The first kappa shape index (κ1) is 23.2. The molecule has 34 heavy (non-hydrogen) atoms. The van der Waals surface area contributed by atoms with Crippen LogP contribution in [0.5, 0.6) is 0 Å². The summed E-state index contributed by atoms with van der Waals surface area (Å²) in [4.78, 5) is 27.7. The average Bonchev–Trinajstić information content (AvgIpc) is 3.11. The molecular weight excluding hydrogens is 450 g/mol. The number of fused-ring (bicyclic) bond motifs is 1. The van der Waals surface area contributed by atoms with E-state index in [1.54, 1.807) is 0 Å². The van der Waals surface area contributed by atoms with Crippen molar-refractivity contribution in [2.75, 3.05) is 57.0 Å². The highest BCUT2D eigenvalue weighted by molar-refractivity contribution is 6.03. The van der Waals surface area contributed by atoms with Crippen LogP contribution < -0.4 is 27.0 Å². The van der Waals surface area contributed by atoms with Gasteiger partial charge in [0.2, 0.25) is 5.91 Å². The number of halogens is 2. The summed E-state index contributed by atoms with van der Waals surface area (Å²) in [7, 11) is 0. The van der Waals surface area contributed by atoms with Crippen LogP contribution in [0, 0.1) is 5.92 Å². The molecular formula is C21H32F2N8O3. The molecule has 11 nitrogen and oxygen atoms in total. The van der Waals surface area contributed by atoms with Crippen LogP contribution in [0.1, 0.15) is 23.2 Å². The second-order valence-electron chi connectivity index (χ2n) is 9.57. The Balaban J connectivity index is 1.23. The monoisotopic (exact) mass is 482 g/mol. The second kappa shape index (κ2) is 9.62. The van der Waals surface area contributed by atoms with Gasteiger partial charge in [0, 0.05) is 25.6 Å². The molecule has 4 aliphatic heterocycles. The molecule has 0 spiro atoms. The Hall–Kier alpha value is -2.51. The van der Waals surface area contributed by atoms with E-state index in [9.17, 15) is 14.0 Å². The van der Waals surface area contributed by atoms with Crippen molar-refractivity contribution in [2.45, 2.75) is 49.9 Å². The smallest absolute Gasteiger partial charge is 0.259 e. The number of carbonyl (C=O) groups excluding carboxylic acids is 2. The number of hydrogen-bond acceptors (Lipinski definition) is 8. The molecule has 13 heteroatoms. The first-order valence-corrected chi connectivity index (χ1v) is 11.9. The van der Waals surface area contributed by atoms with Gasteiger partial charge in [-0.1, -0.05) is 0 Å². The van der Waals surface area contributed by atoms with Crippen LogP contribution in [0.15, 0.2) is 0 Å². The number of anilines is 2. The number of nitrogens with two attached hydrogens (primary N) is 1. The van der Waals surface area contributed by atoms with E-state index >= 15 is 4.39 Å². The van der Waals surface area contributed by atoms with Gasteiger partial charge in [-0.2, -0.15) is 5.10 Å². The zero-order valence-corrected chi connectivity index (χ0v) is 18.9. The number of nitrogen functional groups attached to an aromatic ring is 1. The zero-order chi connectivity index (χ0) is 23.8. The quantitative estimate of drug-likeness (QED) is 0.355. The number of likely N-dealkylation sites (tertiary alicyclic amines) is 1. The van der Waals surface area contributed by atoms with Crippen molar-refractivity contribution < 1.29 is 23.1 Å². The number of piperidine rings is 2. The van der Waals surface area contributed by atoms with E-state index in [0.29, 0.717) is 51.5 Å². The van der Waals surface area contributed by atoms with E-state index < -0.39 is 30.3 Å². The summed E-state index contributed by atoms with van der Waals surface area (Å²) in [5.74, 6) is -0.149. The summed E-state index contributed by atoms with van der Waals surface area (Å²) in [5.41, 5.74) is 6.12. The van der Waals surface area contributed by atoms with Gasteiger partial charge in [0.15, 0.2) is 5.82 Å². The SMILES string of the molecule is Nc1nn2c(c1C(=O)NC1CNCC(F)C1N1CCC(C(=O)NC3COC3)CC1)NCC(F)C2. The molecule has 2 amide bonds. The minimum Gasteiger partial charge on any atom is -0.381 e. The van der Waals surface area contributed by atoms with Gasteiger partial charge >= 0.3 is 0 Å². The van der Waals surface area contributed by atoms with Gasteiger partial charge < -0.3 is 31.7 Å². The fourth-order valence-corrected chi connectivity index (χ4v) is 5.30. The third-order valence-corrected chi connectivity index (χ3v) is 7.18. The molecule has 1 aromatic heterocycles. The van der Waals surface area contributed by atoms with Crippen molar-refractivity contribution >= 4 is 23.5 Å². The van der Waals surface area contributed by atoms with Crippen LogP contribution in [0.4, 0.5) is 20.4 Å². The topological polar surface area (TPSA) is 139 Å². The first-order valence-electron chi connectivity index (χ1n) is 11.9. The Morgan fingerprint density at radius 3 is 2.59 bits per heavy atom. The molecule has 5 rings (SSSR count). The third kappa shape index (κ3) is 4.56. The number of ether oxygens (including phenoxy) is 1. The Bertz CT molecular complexity index is 918. The van der Waals surface area contributed by atoms with Crippen LogP contribution in [0.2, 0.25) is 0 Å². The maximum absolute atomic E-state index is 15.1. The van der Waals surface area contributed by atoms with E-state index in [0.717, 1.165) is 0 Å². The van der Waals surface area contributed by atoms with E-state index in [2.05, 4.69) is 26.4 Å². The Kier molecular flexibility index (Phi) is 6.58. The number of alkyl halides is 2. The zero-order valence-electron chi connectivity index (χ0n) is 18.9. The van der Waals surface area contributed by atoms with Gasteiger partial charge in [0.05, 0.1) is 37.9 Å². The molecule has 4 aliphatic rings. The maximum Gasteiger partial charge on any atom is 0.259 e. The predicted octanol–water partition coefficient (Wildman–Crippen LogP) is -1.14. The van der Waals surface area contributed by atoms with Crippen molar-refractivity contribution in [1.29, 1.82) is 0 Å². The number of carbonyl (C=O) groups is 2.